The summed E-state index contributed by atoms with van der Waals surface area (Å²) in [5.41, 5.74) is 0.855. The fourth-order valence-corrected chi connectivity index (χ4v) is 1.41. The van der Waals surface area contributed by atoms with E-state index >= 15 is 0 Å². The first-order chi connectivity index (χ1) is 8.54. The van der Waals surface area contributed by atoms with Crippen LogP contribution in [0.25, 0.3) is 0 Å². The predicted octanol–water partition coefficient (Wildman–Crippen LogP) is 2.39. The lowest BCUT2D eigenvalue weighted by atomic mass is 10.1. The van der Waals surface area contributed by atoms with Gasteiger partial charge in [0.2, 0.25) is 0 Å². The minimum Gasteiger partial charge on any atom is -0.450 e. The second-order valence-corrected chi connectivity index (χ2v) is 4.02. The Kier molecular flexibility index (Phi) is 5.17. The van der Waals surface area contributed by atoms with E-state index in [-0.39, 0.29) is 18.6 Å². The zero-order valence-corrected chi connectivity index (χ0v) is 10.8. The van der Waals surface area contributed by atoms with Gasteiger partial charge >= 0.3 is 6.09 Å². The normalized spacial score (nSPS) is 10.0. The van der Waals surface area contributed by atoms with Crippen molar-refractivity contribution in [2.75, 3.05) is 11.9 Å². The van der Waals surface area contributed by atoms with Crippen molar-refractivity contribution in [2.24, 2.45) is 0 Å². The Morgan fingerprint density at radius 1 is 1.28 bits per heavy atom. The van der Waals surface area contributed by atoms with Crippen molar-refractivity contribution in [1.29, 1.82) is 0 Å². The van der Waals surface area contributed by atoms with E-state index in [4.69, 9.17) is 4.74 Å². The molecule has 0 aliphatic heterocycles. The average molecular weight is 250 g/mol. The standard InChI is InChI=1S/C13H18N2O3/c1-4-18-13(17)15-11-8-6-5-7-10(11)12(16)14-9(2)3/h5-9H,4H2,1-3H3,(H,14,16)(H,15,17). The van der Waals surface area contributed by atoms with E-state index in [9.17, 15) is 9.59 Å². The van der Waals surface area contributed by atoms with E-state index in [1.165, 1.54) is 0 Å². The highest BCUT2D eigenvalue weighted by Crippen LogP contribution is 2.15. The molecule has 0 saturated carbocycles. The predicted molar refractivity (Wildman–Crippen MR) is 69.7 cm³/mol. The maximum Gasteiger partial charge on any atom is 0.411 e. The second kappa shape index (κ2) is 6.64. The van der Waals surface area contributed by atoms with Gasteiger partial charge in [0.25, 0.3) is 5.91 Å². The van der Waals surface area contributed by atoms with Crippen LogP contribution in [0.5, 0.6) is 0 Å². The van der Waals surface area contributed by atoms with Crippen LogP contribution in [0.1, 0.15) is 31.1 Å². The summed E-state index contributed by atoms with van der Waals surface area (Å²) >= 11 is 0. The fourth-order valence-electron chi connectivity index (χ4n) is 1.41. The van der Waals surface area contributed by atoms with Crippen molar-refractivity contribution in [2.45, 2.75) is 26.8 Å². The Labute approximate surface area is 107 Å². The van der Waals surface area contributed by atoms with Crippen molar-refractivity contribution in [3.8, 4) is 0 Å². The Bertz CT molecular complexity index is 430. The number of amides is 2. The van der Waals surface area contributed by atoms with Gasteiger partial charge in [-0.15, -0.1) is 0 Å². The number of anilines is 1. The summed E-state index contributed by atoms with van der Waals surface area (Å²) in [6.45, 7) is 5.75. The van der Waals surface area contributed by atoms with E-state index in [1.54, 1.807) is 31.2 Å². The van der Waals surface area contributed by atoms with Crippen LogP contribution in [-0.4, -0.2) is 24.6 Å². The van der Waals surface area contributed by atoms with Crippen molar-refractivity contribution in [1.82, 2.24) is 5.32 Å². The molecule has 0 aliphatic rings. The third-order valence-electron chi connectivity index (χ3n) is 2.10. The maximum atomic E-state index is 11.9. The lowest BCUT2D eigenvalue weighted by molar-refractivity contribution is 0.0944. The topological polar surface area (TPSA) is 67.4 Å². The number of rotatable bonds is 4. The van der Waals surface area contributed by atoms with Gasteiger partial charge in [-0.05, 0) is 32.9 Å². The molecule has 0 radical (unpaired) electrons. The van der Waals surface area contributed by atoms with Gasteiger partial charge in [-0.2, -0.15) is 0 Å². The highest BCUT2D eigenvalue weighted by Gasteiger charge is 2.13. The molecule has 2 amide bonds. The molecule has 1 aromatic rings. The molecule has 2 N–H and O–H groups in total. The first-order valence-corrected chi connectivity index (χ1v) is 5.88. The SMILES string of the molecule is CCOC(=O)Nc1ccccc1C(=O)NC(C)C. The molecule has 18 heavy (non-hydrogen) atoms. The van der Waals surface area contributed by atoms with Crippen molar-refractivity contribution < 1.29 is 14.3 Å². The third kappa shape index (κ3) is 4.08. The van der Waals surface area contributed by atoms with Crippen molar-refractivity contribution in [3.05, 3.63) is 29.8 Å². The van der Waals surface area contributed by atoms with Crippen LogP contribution in [0.2, 0.25) is 0 Å². The summed E-state index contributed by atoms with van der Waals surface area (Å²) in [4.78, 5) is 23.3. The molecule has 0 unspecified atom stereocenters. The minimum atomic E-state index is -0.567. The minimum absolute atomic E-state index is 0.0353. The van der Waals surface area contributed by atoms with E-state index in [2.05, 4.69) is 10.6 Å². The molecule has 5 nitrogen and oxygen atoms in total. The summed E-state index contributed by atoms with van der Waals surface area (Å²) in [6, 6.07) is 6.83. The first-order valence-electron chi connectivity index (χ1n) is 5.88. The Morgan fingerprint density at radius 3 is 2.56 bits per heavy atom. The fraction of sp³-hybridized carbons (Fsp3) is 0.385. The van der Waals surface area contributed by atoms with Crippen LogP contribution in [-0.2, 0) is 4.74 Å². The monoisotopic (exact) mass is 250 g/mol. The van der Waals surface area contributed by atoms with Gasteiger partial charge in [0.1, 0.15) is 0 Å². The van der Waals surface area contributed by atoms with E-state index < -0.39 is 6.09 Å². The Hall–Kier alpha value is -2.04. The zero-order valence-electron chi connectivity index (χ0n) is 10.8. The number of para-hydroxylation sites is 1. The van der Waals surface area contributed by atoms with Gasteiger partial charge in [0.05, 0.1) is 17.9 Å². The van der Waals surface area contributed by atoms with Gasteiger partial charge in [-0.25, -0.2) is 4.79 Å². The quantitative estimate of drug-likeness (QED) is 0.862. The molecule has 0 aromatic heterocycles. The van der Waals surface area contributed by atoms with Crippen LogP contribution in [0.4, 0.5) is 10.5 Å². The molecule has 0 saturated heterocycles. The van der Waals surface area contributed by atoms with Crippen LogP contribution < -0.4 is 10.6 Å². The number of nitrogens with one attached hydrogen (secondary N) is 2. The molecule has 0 atom stereocenters. The molecule has 0 aliphatic carbocycles. The molecule has 1 aromatic carbocycles. The number of hydrogen-bond donors (Lipinski definition) is 2. The summed E-state index contributed by atoms with van der Waals surface area (Å²) in [6.07, 6.45) is -0.567. The number of ether oxygens (including phenoxy) is 1. The van der Waals surface area contributed by atoms with E-state index in [0.29, 0.717) is 11.3 Å². The number of hydrogen-bond acceptors (Lipinski definition) is 3. The highest BCUT2D eigenvalue weighted by molar-refractivity contribution is 6.02. The average Bonchev–Trinajstić information content (AvgIpc) is 2.28. The molecule has 1 rings (SSSR count). The summed E-state index contributed by atoms with van der Waals surface area (Å²) < 4.78 is 4.78. The molecule has 0 spiro atoms. The molecular formula is C13H18N2O3. The van der Waals surface area contributed by atoms with Crippen molar-refractivity contribution >= 4 is 17.7 Å². The van der Waals surface area contributed by atoms with Crippen molar-refractivity contribution in [3.63, 3.8) is 0 Å². The van der Waals surface area contributed by atoms with Gasteiger partial charge in [0, 0.05) is 6.04 Å². The van der Waals surface area contributed by atoms with Gasteiger partial charge < -0.3 is 10.1 Å². The Balaban J connectivity index is 2.85. The highest BCUT2D eigenvalue weighted by atomic mass is 16.5. The van der Waals surface area contributed by atoms with Crippen LogP contribution in [0.15, 0.2) is 24.3 Å². The number of carbonyl (C=O) groups is 2. The smallest absolute Gasteiger partial charge is 0.411 e. The Morgan fingerprint density at radius 2 is 1.94 bits per heavy atom. The first kappa shape index (κ1) is 14.0. The molecule has 0 fully saturated rings. The molecule has 5 heteroatoms. The van der Waals surface area contributed by atoms with E-state index in [1.807, 2.05) is 13.8 Å². The summed E-state index contributed by atoms with van der Waals surface area (Å²) in [5.74, 6) is -0.225. The van der Waals surface area contributed by atoms with E-state index in [0.717, 1.165) is 0 Å². The third-order valence-corrected chi connectivity index (χ3v) is 2.10. The molecule has 0 bridgehead atoms. The van der Waals surface area contributed by atoms with Crippen LogP contribution >= 0.6 is 0 Å². The number of carbonyl (C=O) groups excluding carboxylic acids is 2. The zero-order chi connectivity index (χ0) is 13.5. The number of benzene rings is 1. The molecule has 98 valence electrons. The summed E-state index contributed by atoms with van der Waals surface area (Å²) in [5, 5.41) is 5.32. The molecule has 0 heterocycles. The van der Waals surface area contributed by atoms with Crippen LogP contribution in [0, 0.1) is 0 Å². The van der Waals surface area contributed by atoms with Gasteiger partial charge in [-0.3, -0.25) is 10.1 Å². The van der Waals surface area contributed by atoms with Gasteiger partial charge in [0.15, 0.2) is 0 Å². The lowest BCUT2D eigenvalue weighted by Gasteiger charge is -2.12. The summed E-state index contributed by atoms with van der Waals surface area (Å²) in [7, 11) is 0. The lowest BCUT2D eigenvalue weighted by Crippen LogP contribution is -2.31. The van der Waals surface area contributed by atoms with Gasteiger partial charge in [-0.1, -0.05) is 12.1 Å². The molecular weight excluding hydrogens is 232 g/mol. The largest absolute Gasteiger partial charge is 0.450 e. The second-order valence-electron chi connectivity index (χ2n) is 4.02. The maximum absolute atomic E-state index is 11.9. The van der Waals surface area contributed by atoms with Crippen LogP contribution in [0.3, 0.4) is 0 Å².